The van der Waals surface area contributed by atoms with Gasteiger partial charge in [-0.05, 0) is 6.07 Å². The maximum atomic E-state index is 12.2. The van der Waals surface area contributed by atoms with Crippen molar-refractivity contribution in [1.82, 2.24) is 29.6 Å². The highest BCUT2D eigenvalue weighted by molar-refractivity contribution is 14.0. The molecule has 29 heavy (non-hydrogen) atoms. The molecule has 0 bridgehead atoms. The molecular weight excluding hydrogens is 509 g/mol. The lowest BCUT2D eigenvalue weighted by atomic mass is 10.3. The molecule has 1 fully saturated rings. The van der Waals surface area contributed by atoms with Gasteiger partial charge in [0, 0.05) is 78.4 Å². The molecule has 2 aromatic rings. The number of halogens is 1. The van der Waals surface area contributed by atoms with Gasteiger partial charge in [-0.2, -0.15) is 0 Å². The van der Waals surface area contributed by atoms with Crippen molar-refractivity contribution in [2.24, 2.45) is 12.0 Å². The Morgan fingerprint density at radius 1 is 1.24 bits per heavy atom. The Balaban J connectivity index is 0.00000300. The number of nitrogens with one attached hydrogen (secondary N) is 2. The van der Waals surface area contributed by atoms with Gasteiger partial charge in [0.25, 0.3) is 0 Å². The topological polar surface area (TPSA) is 108 Å². The van der Waals surface area contributed by atoms with Crippen molar-refractivity contribution >= 4 is 40.0 Å². The summed E-state index contributed by atoms with van der Waals surface area (Å²) in [4.78, 5) is 9.07. The van der Waals surface area contributed by atoms with E-state index in [4.69, 9.17) is 4.52 Å². The third-order valence-corrected chi connectivity index (χ3v) is 6.02. The van der Waals surface area contributed by atoms with Gasteiger partial charge in [0.1, 0.15) is 6.26 Å². The molecule has 1 aliphatic rings. The van der Waals surface area contributed by atoms with Crippen LogP contribution in [0.1, 0.15) is 5.69 Å². The second-order valence-corrected chi connectivity index (χ2v) is 8.41. The second kappa shape index (κ2) is 10.9. The molecule has 1 saturated heterocycles. The highest BCUT2D eigenvalue weighted by Crippen LogP contribution is 2.08. The zero-order valence-electron chi connectivity index (χ0n) is 16.6. The van der Waals surface area contributed by atoms with Gasteiger partial charge >= 0.3 is 0 Å². The van der Waals surface area contributed by atoms with Crippen LogP contribution in [0.3, 0.4) is 0 Å². The monoisotopic (exact) mass is 537 g/mol. The number of nitrogens with zero attached hydrogens (tertiary/aromatic N) is 5. The van der Waals surface area contributed by atoms with Crippen LogP contribution in [0.2, 0.25) is 0 Å². The molecule has 10 nitrogen and oxygen atoms in total. The number of piperazine rings is 1. The van der Waals surface area contributed by atoms with Crippen molar-refractivity contribution in [2.45, 2.75) is 11.4 Å². The van der Waals surface area contributed by atoms with E-state index in [9.17, 15) is 8.42 Å². The van der Waals surface area contributed by atoms with Crippen LogP contribution in [0.15, 0.2) is 45.2 Å². The van der Waals surface area contributed by atoms with Gasteiger partial charge < -0.3 is 19.3 Å². The van der Waals surface area contributed by atoms with E-state index in [-0.39, 0.29) is 35.4 Å². The summed E-state index contributed by atoms with van der Waals surface area (Å²) < 4.78 is 33.6. The second-order valence-electron chi connectivity index (χ2n) is 6.64. The molecule has 12 heteroatoms. The van der Waals surface area contributed by atoms with Crippen molar-refractivity contribution in [2.75, 3.05) is 46.3 Å². The number of sulfonamides is 1. The molecule has 0 radical (unpaired) electrons. The van der Waals surface area contributed by atoms with Crippen LogP contribution in [0, 0.1) is 0 Å². The van der Waals surface area contributed by atoms with E-state index in [1.54, 1.807) is 43.4 Å². The van der Waals surface area contributed by atoms with Crippen molar-refractivity contribution in [1.29, 1.82) is 0 Å². The fourth-order valence-electron chi connectivity index (χ4n) is 3.08. The molecule has 0 aromatic carbocycles. The van der Waals surface area contributed by atoms with Crippen molar-refractivity contribution in [3.05, 3.63) is 36.5 Å². The Morgan fingerprint density at radius 3 is 2.59 bits per heavy atom. The van der Waals surface area contributed by atoms with Gasteiger partial charge in [-0.3, -0.25) is 9.89 Å². The highest BCUT2D eigenvalue weighted by atomic mass is 127. The van der Waals surface area contributed by atoms with E-state index in [1.165, 1.54) is 0 Å². The minimum atomic E-state index is -3.49. The lowest BCUT2D eigenvalue weighted by Gasteiger charge is -2.36. The third-order valence-electron chi connectivity index (χ3n) is 4.58. The first kappa shape index (κ1) is 23.6. The summed E-state index contributed by atoms with van der Waals surface area (Å²) in [5.41, 5.74) is 0.932. The Hall–Kier alpha value is -1.64. The number of hydrogen-bond donors (Lipinski definition) is 2. The fourth-order valence-corrected chi connectivity index (χ4v) is 4.16. The molecule has 3 rings (SSSR count). The molecule has 162 valence electrons. The summed E-state index contributed by atoms with van der Waals surface area (Å²) in [6.07, 6.45) is 4.87. The van der Waals surface area contributed by atoms with E-state index in [2.05, 4.69) is 30.0 Å². The zero-order chi connectivity index (χ0) is 20.0. The number of aromatic nitrogens is 2. The number of hydrogen-bond acceptors (Lipinski definition) is 6. The van der Waals surface area contributed by atoms with Gasteiger partial charge in [0.15, 0.2) is 5.96 Å². The first-order valence-corrected chi connectivity index (χ1v) is 10.6. The summed E-state index contributed by atoms with van der Waals surface area (Å²) in [5, 5.41) is 7.18. The average Bonchev–Trinajstić information content (AvgIpc) is 3.35. The van der Waals surface area contributed by atoms with Gasteiger partial charge in [0.05, 0.1) is 10.6 Å². The minimum Gasteiger partial charge on any atom is -0.364 e. The summed E-state index contributed by atoms with van der Waals surface area (Å²) in [6.45, 7) is 4.99. The molecule has 0 atom stereocenters. The number of rotatable bonds is 7. The molecule has 0 unspecified atom stereocenters. The molecule has 0 aliphatic carbocycles. The van der Waals surface area contributed by atoms with Gasteiger partial charge in [-0.25, -0.2) is 13.1 Å². The predicted molar refractivity (Wildman–Crippen MR) is 121 cm³/mol. The van der Waals surface area contributed by atoms with Crippen LogP contribution in [-0.2, 0) is 23.6 Å². The van der Waals surface area contributed by atoms with Crippen LogP contribution in [0.5, 0.6) is 0 Å². The summed E-state index contributed by atoms with van der Waals surface area (Å²) in [6, 6.07) is 3.45. The number of guanidine groups is 1. The van der Waals surface area contributed by atoms with E-state index >= 15 is 0 Å². The van der Waals surface area contributed by atoms with Crippen LogP contribution in [0.4, 0.5) is 0 Å². The fraction of sp³-hybridized carbons (Fsp3) is 0.529. The van der Waals surface area contributed by atoms with Crippen molar-refractivity contribution in [3.63, 3.8) is 0 Å². The van der Waals surface area contributed by atoms with E-state index < -0.39 is 10.0 Å². The molecule has 0 saturated carbocycles. The number of aliphatic imine (C=N–C) groups is 1. The van der Waals surface area contributed by atoms with Crippen LogP contribution in [0.25, 0.3) is 0 Å². The first-order valence-electron chi connectivity index (χ1n) is 9.17. The molecule has 3 heterocycles. The Labute approximate surface area is 188 Å². The van der Waals surface area contributed by atoms with Gasteiger partial charge in [0.2, 0.25) is 10.0 Å². The maximum absolute atomic E-state index is 12.2. The molecule has 2 N–H and O–H groups in total. The lowest BCUT2D eigenvalue weighted by molar-refractivity contribution is 0.169. The van der Waals surface area contributed by atoms with E-state index in [1.807, 2.05) is 6.07 Å². The van der Waals surface area contributed by atoms with Crippen molar-refractivity contribution in [3.8, 4) is 0 Å². The first-order chi connectivity index (χ1) is 13.5. The van der Waals surface area contributed by atoms with Crippen LogP contribution >= 0.6 is 24.0 Å². The third kappa shape index (κ3) is 6.69. The minimum absolute atomic E-state index is 0. The Bertz CT molecular complexity index is 875. The van der Waals surface area contributed by atoms with E-state index in [0.29, 0.717) is 6.54 Å². The molecular formula is C17H28IN7O3S. The Kier molecular flexibility index (Phi) is 8.92. The maximum Gasteiger partial charge on any atom is 0.242 e. The van der Waals surface area contributed by atoms with Gasteiger partial charge in [-0.1, -0.05) is 5.16 Å². The Morgan fingerprint density at radius 2 is 2.00 bits per heavy atom. The smallest absolute Gasteiger partial charge is 0.242 e. The van der Waals surface area contributed by atoms with Crippen LogP contribution < -0.4 is 10.0 Å². The SMILES string of the molecule is CN=C(NCCNS(=O)(=O)c1ccn(C)c1)N1CCN(Cc2ccon2)CC1.I. The molecule has 1 aliphatic heterocycles. The largest absolute Gasteiger partial charge is 0.364 e. The molecule has 0 spiro atoms. The molecule has 0 amide bonds. The lowest BCUT2D eigenvalue weighted by Crippen LogP contribution is -2.53. The van der Waals surface area contributed by atoms with Crippen LogP contribution in [-0.4, -0.2) is 80.2 Å². The van der Waals surface area contributed by atoms with Gasteiger partial charge in [-0.15, -0.1) is 24.0 Å². The highest BCUT2D eigenvalue weighted by Gasteiger charge is 2.20. The summed E-state index contributed by atoms with van der Waals surface area (Å²) >= 11 is 0. The quantitative estimate of drug-likeness (QED) is 0.227. The normalized spacial score (nSPS) is 15.9. The predicted octanol–water partition coefficient (Wildman–Crippen LogP) is 0.303. The summed E-state index contributed by atoms with van der Waals surface area (Å²) in [7, 11) is 0.0363. The number of aryl methyl sites for hydroxylation is 1. The zero-order valence-corrected chi connectivity index (χ0v) is 19.8. The van der Waals surface area contributed by atoms with E-state index in [0.717, 1.165) is 44.4 Å². The summed E-state index contributed by atoms with van der Waals surface area (Å²) in [5.74, 6) is 0.778. The average molecular weight is 537 g/mol. The van der Waals surface area contributed by atoms with Crippen molar-refractivity contribution < 1.29 is 12.9 Å². The molecule has 2 aromatic heterocycles. The standard InChI is InChI=1S/C17H27N7O3S.HI/c1-18-17(19-5-6-20-28(25,26)16-3-7-22(2)14-16)24-10-8-23(9-11-24)13-15-4-12-27-21-15;/h3-4,7,12,14,20H,5-6,8-11,13H2,1-2H3,(H,18,19);1H.